The van der Waals surface area contributed by atoms with Crippen LogP contribution in [0.5, 0.6) is 0 Å². The van der Waals surface area contributed by atoms with Crippen molar-refractivity contribution < 1.29 is 19.1 Å². The standard InChI is InChI=1S/C22H30N4O4S/c1-5-16(3)23-19(27)12-18-14-31-22(24-18)25-20(28)13-26(10-11-30-4)21(29)17-8-6-15(2)7-9-17/h6-9,14,16H,5,10-13H2,1-4H3,(H,23,27)(H,24,25,28). The number of aryl methyl sites for hydroxylation is 1. The van der Waals surface area contributed by atoms with Crippen LogP contribution in [0.2, 0.25) is 0 Å². The molecule has 1 heterocycles. The first-order valence-corrected chi connectivity index (χ1v) is 11.1. The first kappa shape index (κ1) is 24.5. The third kappa shape index (κ3) is 8.10. The lowest BCUT2D eigenvalue weighted by Gasteiger charge is -2.21. The molecule has 0 bridgehead atoms. The Morgan fingerprint density at radius 2 is 1.90 bits per heavy atom. The molecule has 2 rings (SSSR count). The lowest BCUT2D eigenvalue weighted by Crippen LogP contribution is -2.40. The van der Waals surface area contributed by atoms with Gasteiger partial charge in [-0.1, -0.05) is 24.6 Å². The number of nitrogens with zero attached hydrogens (tertiary/aromatic N) is 2. The Hall–Kier alpha value is -2.78. The summed E-state index contributed by atoms with van der Waals surface area (Å²) in [6.45, 7) is 6.37. The Kier molecular flexibility index (Phi) is 9.61. The summed E-state index contributed by atoms with van der Waals surface area (Å²) in [7, 11) is 1.54. The quantitative estimate of drug-likeness (QED) is 0.553. The van der Waals surface area contributed by atoms with Gasteiger partial charge in [0, 0.05) is 30.6 Å². The highest BCUT2D eigenvalue weighted by molar-refractivity contribution is 7.13. The Morgan fingerprint density at radius 3 is 2.55 bits per heavy atom. The van der Waals surface area contributed by atoms with E-state index in [1.165, 1.54) is 16.2 Å². The molecular formula is C22H30N4O4S. The fourth-order valence-electron chi connectivity index (χ4n) is 2.70. The van der Waals surface area contributed by atoms with Crippen LogP contribution in [-0.2, 0) is 20.7 Å². The van der Waals surface area contributed by atoms with Crippen molar-refractivity contribution in [3.63, 3.8) is 0 Å². The Bertz CT molecular complexity index is 882. The summed E-state index contributed by atoms with van der Waals surface area (Å²) in [5, 5.41) is 7.74. The van der Waals surface area contributed by atoms with Gasteiger partial charge in [0.25, 0.3) is 5.91 Å². The molecule has 1 aromatic heterocycles. The summed E-state index contributed by atoms with van der Waals surface area (Å²) in [6.07, 6.45) is 1.01. The third-order valence-corrected chi connectivity index (χ3v) is 5.45. The van der Waals surface area contributed by atoms with Crippen molar-refractivity contribution in [2.45, 2.75) is 39.7 Å². The molecule has 0 spiro atoms. The number of rotatable bonds is 11. The predicted octanol–water partition coefficient (Wildman–Crippen LogP) is 2.64. The van der Waals surface area contributed by atoms with Crippen LogP contribution >= 0.6 is 11.3 Å². The highest BCUT2D eigenvalue weighted by Crippen LogP contribution is 2.16. The average molecular weight is 447 g/mol. The van der Waals surface area contributed by atoms with Crippen molar-refractivity contribution in [3.05, 3.63) is 46.5 Å². The second-order valence-corrected chi connectivity index (χ2v) is 8.19. The van der Waals surface area contributed by atoms with E-state index >= 15 is 0 Å². The molecule has 1 aromatic carbocycles. The van der Waals surface area contributed by atoms with Gasteiger partial charge in [0.15, 0.2) is 5.13 Å². The number of methoxy groups -OCH3 is 1. The number of thiazole rings is 1. The number of aromatic nitrogens is 1. The molecule has 0 aliphatic rings. The van der Waals surface area contributed by atoms with Gasteiger partial charge in [-0.05, 0) is 32.4 Å². The number of carbonyl (C=O) groups excluding carboxylic acids is 3. The Balaban J connectivity index is 1.96. The molecule has 0 radical (unpaired) electrons. The summed E-state index contributed by atoms with van der Waals surface area (Å²) in [5.74, 6) is -0.706. The summed E-state index contributed by atoms with van der Waals surface area (Å²) in [6, 6.07) is 7.31. The van der Waals surface area contributed by atoms with E-state index in [1.807, 2.05) is 32.9 Å². The van der Waals surface area contributed by atoms with Gasteiger partial charge in [-0.25, -0.2) is 4.98 Å². The third-order valence-electron chi connectivity index (χ3n) is 4.65. The first-order chi connectivity index (χ1) is 14.8. The van der Waals surface area contributed by atoms with Crippen molar-refractivity contribution in [1.82, 2.24) is 15.2 Å². The van der Waals surface area contributed by atoms with Gasteiger partial charge in [0.2, 0.25) is 11.8 Å². The lowest BCUT2D eigenvalue weighted by atomic mass is 10.1. The maximum Gasteiger partial charge on any atom is 0.254 e. The molecule has 1 unspecified atom stereocenters. The zero-order valence-corrected chi connectivity index (χ0v) is 19.3. The number of hydrogen-bond acceptors (Lipinski definition) is 6. The lowest BCUT2D eigenvalue weighted by molar-refractivity contribution is -0.121. The number of nitrogens with one attached hydrogen (secondary N) is 2. The van der Waals surface area contributed by atoms with Crippen LogP contribution < -0.4 is 10.6 Å². The normalized spacial score (nSPS) is 11.6. The van der Waals surface area contributed by atoms with Gasteiger partial charge >= 0.3 is 0 Å². The maximum absolute atomic E-state index is 12.8. The average Bonchev–Trinajstić information content (AvgIpc) is 3.17. The van der Waals surface area contributed by atoms with Crippen molar-refractivity contribution in [3.8, 4) is 0 Å². The van der Waals surface area contributed by atoms with E-state index in [1.54, 1.807) is 24.6 Å². The maximum atomic E-state index is 12.8. The fraction of sp³-hybridized carbons (Fsp3) is 0.455. The van der Waals surface area contributed by atoms with Crippen molar-refractivity contribution in [2.24, 2.45) is 0 Å². The number of hydrogen-bond donors (Lipinski definition) is 2. The van der Waals surface area contributed by atoms with Crippen LogP contribution in [0.3, 0.4) is 0 Å². The van der Waals surface area contributed by atoms with Gasteiger partial charge in [-0.3, -0.25) is 14.4 Å². The largest absolute Gasteiger partial charge is 0.383 e. The Morgan fingerprint density at radius 1 is 1.19 bits per heavy atom. The zero-order valence-electron chi connectivity index (χ0n) is 18.4. The molecule has 0 aliphatic carbocycles. The molecule has 8 nitrogen and oxygen atoms in total. The summed E-state index contributed by atoms with van der Waals surface area (Å²) in [5.41, 5.74) is 2.15. The number of amides is 3. The first-order valence-electron chi connectivity index (χ1n) is 10.2. The van der Waals surface area contributed by atoms with Crippen LogP contribution in [0.1, 0.15) is 41.9 Å². The van der Waals surface area contributed by atoms with Gasteiger partial charge in [-0.2, -0.15) is 0 Å². The molecule has 0 saturated heterocycles. The van der Waals surface area contributed by atoms with E-state index in [-0.39, 0.29) is 43.3 Å². The topological polar surface area (TPSA) is 101 Å². The summed E-state index contributed by atoms with van der Waals surface area (Å²) < 4.78 is 5.08. The van der Waals surface area contributed by atoms with Crippen molar-refractivity contribution in [2.75, 3.05) is 32.1 Å². The van der Waals surface area contributed by atoms with Crippen molar-refractivity contribution >= 4 is 34.2 Å². The van der Waals surface area contributed by atoms with Crippen LogP contribution in [0.25, 0.3) is 0 Å². The molecule has 9 heteroatoms. The van der Waals surface area contributed by atoms with Crippen LogP contribution in [-0.4, -0.2) is 60.5 Å². The molecule has 0 aliphatic heterocycles. The van der Waals surface area contributed by atoms with Crippen LogP contribution in [0.4, 0.5) is 5.13 Å². The van der Waals surface area contributed by atoms with Gasteiger partial charge < -0.3 is 20.3 Å². The minimum atomic E-state index is -0.360. The molecular weight excluding hydrogens is 416 g/mol. The number of anilines is 1. The van der Waals surface area contributed by atoms with E-state index in [2.05, 4.69) is 15.6 Å². The minimum absolute atomic E-state index is 0.105. The molecule has 0 fully saturated rings. The number of ether oxygens (including phenoxy) is 1. The van der Waals surface area contributed by atoms with E-state index < -0.39 is 0 Å². The van der Waals surface area contributed by atoms with Gasteiger partial charge in [0.1, 0.15) is 6.54 Å². The summed E-state index contributed by atoms with van der Waals surface area (Å²) >= 11 is 1.24. The second kappa shape index (κ2) is 12.2. The second-order valence-electron chi connectivity index (χ2n) is 7.33. The fourth-order valence-corrected chi connectivity index (χ4v) is 3.43. The molecule has 0 saturated carbocycles. The molecule has 3 amide bonds. The van der Waals surface area contributed by atoms with Crippen molar-refractivity contribution in [1.29, 1.82) is 0 Å². The number of carbonyl (C=O) groups is 3. The number of benzene rings is 1. The molecule has 2 N–H and O–H groups in total. The highest BCUT2D eigenvalue weighted by Gasteiger charge is 2.19. The van der Waals surface area contributed by atoms with E-state index in [9.17, 15) is 14.4 Å². The van der Waals surface area contributed by atoms with E-state index in [0.717, 1.165) is 12.0 Å². The monoisotopic (exact) mass is 446 g/mol. The highest BCUT2D eigenvalue weighted by atomic mass is 32.1. The molecule has 1 atom stereocenters. The molecule has 168 valence electrons. The molecule has 31 heavy (non-hydrogen) atoms. The van der Waals surface area contributed by atoms with E-state index in [0.29, 0.717) is 23.0 Å². The Labute approximate surface area is 187 Å². The van der Waals surface area contributed by atoms with Crippen LogP contribution in [0, 0.1) is 6.92 Å². The smallest absolute Gasteiger partial charge is 0.254 e. The zero-order chi connectivity index (χ0) is 22.8. The van der Waals surface area contributed by atoms with Gasteiger partial charge in [-0.15, -0.1) is 11.3 Å². The predicted molar refractivity (Wildman–Crippen MR) is 121 cm³/mol. The summed E-state index contributed by atoms with van der Waals surface area (Å²) in [4.78, 5) is 43.1. The van der Waals surface area contributed by atoms with Crippen LogP contribution in [0.15, 0.2) is 29.6 Å². The minimum Gasteiger partial charge on any atom is -0.383 e. The van der Waals surface area contributed by atoms with Gasteiger partial charge in [0.05, 0.1) is 18.7 Å². The van der Waals surface area contributed by atoms with E-state index in [4.69, 9.17) is 4.74 Å². The SMILES string of the molecule is CCC(C)NC(=O)Cc1csc(NC(=O)CN(CCOC)C(=O)c2ccc(C)cc2)n1. The molecule has 2 aromatic rings.